The quantitative estimate of drug-likeness (QED) is 0.890. The highest BCUT2D eigenvalue weighted by atomic mass is 16.2. The molecule has 4 heteroatoms. The van der Waals surface area contributed by atoms with E-state index in [9.17, 15) is 4.79 Å². The van der Waals surface area contributed by atoms with Crippen molar-refractivity contribution in [2.75, 3.05) is 18.4 Å². The lowest BCUT2D eigenvalue weighted by Gasteiger charge is -2.21. The van der Waals surface area contributed by atoms with Crippen molar-refractivity contribution < 1.29 is 9.69 Å². The van der Waals surface area contributed by atoms with Crippen LogP contribution < -0.4 is 10.2 Å². The number of aromatic nitrogens is 1. The van der Waals surface area contributed by atoms with E-state index in [0.717, 1.165) is 18.7 Å². The summed E-state index contributed by atoms with van der Waals surface area (Å²) in [5, 5.41) is 3.05. The highest BCUT2D eigenvalue weighted by molar-refractivity contribution is 5.91. The molecule has 2 heterocycles. The Balaban J connectivity index is 1.65. The van der Waals surface area contributed by atoms with E-state index in [2.05, 4.69) is 55.2 Å². The van der Waals surface area contributed by atoms with Crippen LogP contribution in [-0.4, -0.2) is 23.6 Å². The normalized spacial score (nSPS) is 20.7. The van der Waals surface area contributed by atoms with Crippen LogP contribution in [-0.2, 0) is 11.8 Å². The molecule has 0 saturated carbocycles. The van der Waals surface area contributed by atoms with Crippen LogP contribution in [0.3, 0.4) is 0 Å². The van der Waals surface area contributed by atoms with Gasteiger partial charge in [-0.2, -0.15) is 0 Å². The zero-order valence-electron chi connectivity index (χ0n) is 14.2. The van der Waals surface area contributed by atoms with Gasteiger partial charge in [0.15, 0.2) is 6.54 Å². The molecular weight excluding hydrogens is 286 g/mol. The summed E-state index contributed by atoms with van der Waals surface area (Å²) in [6.45, 7) is 5.75. The second kappa shape index (κ2) is 6.59. The first-order valence-electron chi connectivity index (χ1n) is 8.37. The van der Waals surface area contributed by atoms with Gasteiger partial charge in [0.1, 0.15) is 6.04 Å². The maximum atomic E-state index is 12.4. The summed E-state index contributed by atoms with van der Waals surface area (Å²) in [6, 6.07) is 10.8. The minimum Gasteiger partial charge on any atom is -0.350 e. The van der Waals surface area contributed by atoms with Gasteiger partial charge < -0.3 is 14.8 Å². The smallest absolute Gasteiger partial charge is 0.279 e. The van der Waals surface area contributed by atoms with Crippen LogP contribution in [0.25, 0.3) is 0 Å². The number of quaternary nitrogens is 1. The average molecular weight is 312 g/mol. The Morgan fingerprint density at radius 1 is 1.30 bits per heavy atom. The van der Waals surface area contributed by atoms with E-state index in [1.807, 2.05) is 12.1 Å². The summed E-state index contributed by atoms with van der Waals surface area (Å²) in [7, 11) is 2.08. The molecule has 1 aliphatic rings. The number of carbonyl (C=O) groups excluding carboxylic acids is 1. The molecule has 1 saturated heterocycles. The number of amides is 1. The molecule has 1 aromatic heterocycles. The third kappa shape index (κ3) is 3.48. The van der Waals surface area contributed by atoms with Gasteiger partial charge in [0.2, 0.25) is 0 Å². The highest BCUT2D eigenvalue weighted by Crippen LogP contribution is 2.19. The predicted octanol–water partition coefficient (Wildman–Crippen LogP) is 2.00. The Hall–Kier alpha value is -2.07. The first-order valence-corrected chi connectivity index (χ1v) is 8.37. The lowest BCUT2D eigenvalue weighted by atomic mass is 10.1. The zero-order chi connectivity index (χ0) is 16.4. The molecule has 3 rings (SSSR count). The second-order valence-electron chi connectivity index (χ2n) is 6.67. The van der Waals surface area contributed by atoms with E-state index in [-0.39, 0.29) is 5.91 Å². The molecule has 1 amide bonds. The molecular formula is C19H26N3O+. The number of nitrogens with one attached hydrogen (secondary N) is 2. The van der Waals surface area contributed by atoms with Crippen molar-refractivity contribution in [1.29, 1.82) is 0 Å². The van der Waals surface area contributed by atoms with Crippen molar-refractivity contribution in [2.24, 2.45) is 7.05 Å². The molecule has 2 aromatic rings. The van der Waals surface area contributed by atoms with Crippen molar-refractivity contribution >= 4 is 11.6 Å². The maximum Gasteiger partial charge on any atom is 0.279 e. The number of hydrogen-bond acceptors (Lipinski definition) is 1. The topological polar surface area (TPSA) is 38.5 Å². The third-order valence-electron chi connectivity index (χ3n) is 5.00. The molecule has 4 nitrogen and oxygen atoms in total. The van der Waals surface area contributed by atoms with Gasteiger partial charge in [0.05, 0.1) is 12.2 Å². The van der Waals surface area contributed by atoms with Gasteiger partial charge in [-0.1, -0.05) is 6.07 Å². The zero-order valence-corrected chi connectivity index (χ0v) is 14.2. The molecule has 1 unspecified atom stereocenters. The Morgan fingerprint density at radius 2 is 2.13 bits per heavy atom. The number of hydrogen-bond donors (Lipinski definition) is 2. The van der Waals surface area contributed by atoms with Crippen molar-refractivity contribution in [3.05, 3.63) is 53.3 Å². The van der Waals surface area contributed by atoms with E-state index in [0.29, 0.717) is 12.6 Å². The van der Waals surface area contributed by atoms with Crippen molar-refractivity contribution in [3.8, 4) is 0 Å². The molecule has 1 aliphatic heterocycles. The Morgan fingerprint density at radius 3 is 2.83 bits per heavy atom. The summed E-state index contributed by atoms with van der Waals surface area (Å²) in [5.41, 5.74) is 4.68. The van der Waals surface area contributed by atoms with Crippen LogP contribution in [0.2, 0.25) is 0 Å². The third-order valence-corrected chi connectivity index (χ3v) is 5.00. The van der Waals surface area contributed by atoms with Crippen molar-refractivity contribution in [3.63, 3.8) is 0 Å². The van der Waals surface area contributed by atoms with Crippen LogP contribution in [0.5, 0.6) is 0 Å². The number of nitrogens with zero attached hydrogens (tertiary/aromatic N) is 1. The number of anilines is 1. The fourth-order valence-electron chi connectivity index (χ4n) is 3.55. The molecule has 0 spiro atoms. The van der Waals surface area contributed by atoms with Crippen molar-refractivity contribution in [2.45, 2.75) is 32.7 Å². The van der Waals surface area contributed by atoms with E-state index in [1.165, 1.54) is 28.1 Å². The largest absolute Gasteiger partial charge is 0.350 e. The fourth-order valence-corrected chi connectivity index (χ4v) is 3.55. The number of likely N-dealkylation sites (tertiary alicyclic amines) is 1. The number of rotatable bonds is 4. The highest BCUT2D eigenvalue weighted by Gasteiger charge is 2.32. The minimum atomic E-state index is 0.101. The molecule has 0 aliphatic carbocycles. The summed E-state index contributed by atoms with van der Waals surface area (Å²) in [5.74, 6) is 0.101. The van der Waals surface area contributed by atoms with E-state index in [1.54, 1.807) is 0 Å². The van der Waals surface area contributed by atoms with Crippen LogP contribution >= 0.6 is 0 Å². The van der Waals surface area contributed by atoms with Gasteiger partial charge in [-0.15, -0.1) is 0 Å². The first kappa shape index (κ1) is 15.8. The van der Waals surface area contributed by atoms with E-state index >= 15 is 0 Å². The van der Waals surface area contributed by atoms with Crippen molar-refractivity contribution in [1.82, 2.24) is 4.57 Å². The molecule has 2 N–H and O–H groups in total. The summed E-state index contributed by atoms with van der Waals surface area (Å²) in [4.78, 5) is 13.8. The van der Waals surface area contributed by atoms with Gasteiger partial charge in [-0.05, 0) is 49.2 Å². The van der Waals surface area contributed by atoms with Gasteiger partial charge in [-0.3, -0.25) is 4.79 Å². The van der Waals surface area contributed by atoms with Crippen LogP contribution in [0.1, 0.15) is 35.7 Å². The molecule has 2 atom stereocenters. The van der Waals surface area contributed by atoms with E-state index in [4.69, 9.17) is 0 Å². The summed E-state index contributed by atoms with van der Waals surface area (Å²) in [6.07, 6.45) is 4.42. The molecule has 122 valence electrons. The van der Waals surface area contributed by atoms with Crippen LogP contribution in [0.15, 0.2) is 36.5 Å². The average Bonchev–Trinajstić information content (AvgIpc) is 3.11. The van der Waals surface area contributed by atoms with Gasteiger partial charge >= 0.3 is 0 Å². The standard InChI is InChI=1S/C19H25N3O/c1-14-8-9-16(12-15(14)2)20-19(23)13-22-11-5-7-18(22)17-6-4-10-21(17)3/h4,6,8-10,12,18H,5,7,11,13H2,1-3H3,(H,20,23)/p+1/t18-/m1/s1. The molecule has 23 heavy (non-hydrogen) atoms. The lowest BCUT2D eigenvalue weighted by molar-refractivity contribution is -0.910. The Labute approximate surface area is 138 Å². The molecule has 0 radical (unpaired) electrons. The Kier molecular flexibility index (Phi) is 4.53. The Bertz CT molecular complexity index is 704. The fraction of sp³-hybridized carbons (Fsp3) is 0.421. The molecule has 0 bridgehead atoms. The van der Waals surface area contributed by atoms with Gasteiger partial charge in [-0.25, -0.2) is 0 Å². The lowest BCUT2D eigenvalue weighted by Crippen LogP contribution is -3.11. The maximum absolute atomic E-state index is 12.4. The summed E-state index contributed by atoms with van der Waals surface area (Å²) >= 11 is 0. The predicted molar refractivity (Wildman–Crippen MR) is 92.6 cm³/mol. The molecule has 1 fully saturated rings. The number of aryl methyl sites for hydroxylation is 3. The SMILES string of the molecule is Cc1ccc(NC(=O)C[NH+]2CCC[C@@H]2c2cccn2C)cc1C. The van der Waals surface area contributed by atoms with E-state index < -0.39 is 0 Å². The monoisotopic (exact) mass is 312 g/mol. The summed E-state index contributed by atoms with van der Waals surface area (Å²) < 4.78 is 2.18. The second-order valence-corrected chi connectivity index (χ2v) is 6.67. The van der Waals surface area contributed by atoms with Gasteiger partial charge in [0, 0.05) is 31.8 Å². The number of carbonyl (C=O) groups is 1. The first-order chi connectivity index (χ1) is 11.0. The van der Waals surface area contributed by atoms with Gasteiger partial charge in [0.25, 0.3) is 5.91 Å². The molecule has 1 aromatic carbocycles. The minimum absolute atomic E-state index is 0.101. The van der Waals surface area contributed by atoms with Crippen LogP contribution in [0, 0.1) is 13.8 Å². The number of benzene rings is 1. The van der Waals surface area contributed by atoms with Crippen LogP contribution in [0.4, 0.5) is 5.69 Å².